The number of hydrogen-bond acceptors (Lipinski definition) is 3. The molecule has 0 bridgehead atoms. The quantitative estimate of drug-likeness (QED) is 0.833. The molecule has 4 nitrogen and oxygen atoms in total. The molecule has 1 amide bonds. The molecule has 1 unspecified atom stereocenters. The molecule has 0 aromatic heterocycles. The van der Waals surface area contributed by atoms with E-state index in [9.17, 15) is 4.79 Å². The molecule has 1 aromatic carbocycles. The van der Waals surface area contributed by atoms with E-state index in [4.69, 9.17) is 0 Å². The molecule has 21 heavy (non-hydrogen) atoms. The van der Waals surface area contributed by atoms with Gasteiger partial charge in [0.2, 0.25) is 5.91 Å². The summed E-state index contributed by atoms with van der Waals surface area (Å²) in [5.41, 5.74) is 1.19. The molecule has 1 fully saturated rings. The fraction of sp³-hybridized carbons (Fsp3) is 0.588. The van der Waals surface area contributed by atoms with Gasteiger partial charge in [-0.2, -0.15) is 0 Å². The van der Waals surface area contributed by atoms with Crippen LogP contribution in [0.15, 0.2) is 30.3 Å². The van der Waals surface area contributed by atoms with Crippen molar-refractivity contribution in [1.82, 2.24) is 10.2 Å². The molecular weight excluding hydrogens is 262 g/mol. The van der Waals surface area contributed by atoms with E-state index in [-0.39, 0.29) is 5.91 Å². The molecule has 0 aliphatic carbocycles. The number of benzene rings is 1. The van der Waals surface area contributed by atoms with Crippen LogP contribution in [0, 0.1) is 5.92 Å². The van der Waals surface area contributed by atoms with Gasteiger partial charge in [0.05, 0.1) is 0 Å². The SMILES string of the molecule is CN(CCN(C)c1ccccc1)C(=O)CCC1CCNC1. The highest BCUT2D eigenvalue weighted by Gasteiger charge is 2.17. The molecule has 4 heteroatoms. The predicted molar refractivity (Wildman–Crippen MR) is 87.6 cm³/mol. The summed E-state index contributed by atoms with van der Waals surface area (Å²) >= 11 is 0. The lowest BCUT2D eigenvalue weighted by atomic mass is 10.0. The van der Waals surface area contributed by atoms with E-state index in [1.807, 2.05) is 30.1 Å². The van der Waals surface area contributed by atoms with Crippen molar-refractivity contribution in [2.75, 3.05) is 45.2 Å². The normalized spacial score (nSPS) is 17.7. The van der Waals surface area contributed by atoms with E-state index in [2.05, 4.69) is 29.4 Å². The van der Waals surface area contributed by atoms with Gasteiger partial charge in [-0.25, -0.2) is 0 Å². The number of nitrogens with zero attached hydrogens (tertiary/aromatic N) is 2. The zero-order chi connectivity index (χ0) is 15.1. The second-order valence-corrected chi connectivity index (χ2v) is 5.97. The van der Waals surface area contributed by atoms with Gasteiger partial charge in [-0.3, -0.25) is 4.79 Å². The second kappa shape index (κ2) is 8.03. The highest BCUT2D eigenvalue weighted by atomic mass is 16.2. The minimum absolute atomic E-state index is 0.267. The van der Waals surface area contributed by atoms with Crippen molar-refractivity contribution in [3.05, 3.63) is 30.3 Å². The summed E-state index contributed by atoms with van der Waals surface area (Å²) in [6.07, 6.45) is 2.91. The Bertz CT molecular complexity index is 429. The van der Waals surface area contributed by atoms with Crippen molar-refractivity contribution in [2.24, 2.45) is 5.92 Å². The maximum absolute atomic E-state index is 12.1. The third-order valence-electron chi connectivity index (χ3n) is 4.32. The lowest BCUT2D eigenvalue weighted by Gasteiger charge is -2.24. The lowest BCUT2D eigenvalue weighted by Crippen LogP contribution is -2.34. The van der Waals surface area contributed by atoms with E-state index in [1.165, 1.54) is 12.1 Å². The Morgan fingerprint density at radius 1 is 1.24 bits per heavy atom. The number of carbonyl (C=O) groups is 1. The molecule has 1 saturated heterocycles. The van der Waals surface area contributed by atoms with Crippen molar-refractivity contribution < 1.29 is 4.79 Å². The number of likely N-dealkylation sites (N-methyl/N-ethyl adjacent to an activating group) is 2. The summed E-state index contributed by atoms with van der Waals surface area (Å²) in [4.78, 5) is 16.2. The summed E-state index contributed by atoms with van der Waals surface area (Å²) in [5.74, 6) is 0.956. The monoisotopic (exact) mass is 289 g/mol. The number of carbonyl (C=O) groups excluding carboxylic acids is 1. The molecule has 1 aliphatic rings. The van der Waals surface area contributed by atoms with E-state index in [0.29, 0.717) is 12.3 Å². The fourth-order valence-electron chi connectivity index (χ4n) is 2.72. The Balaban J connectivity index is 1.68. The first-order chi connectivity index (χ1) is 10.2. The Morgan fingerprint density at radius 3 is 2.67 bits per heavy atom. The fourth-order valence-corrected chi connectivity index (χ4v) is 2.72. The predicted octanol–water partition coefficient (Wildman–Crippen LogP) is 1.97. The van der Waals surface area contributed by atoms with Crippen molar-refractivity contribution in [1.29, 1.82) is 0 Å². The van der Waals surface area contributed by atoms with Crippen LogP contribution in [0.1, 0.15) is 19.3 Å². The van der Waals surface area contributed by atoms with Crippen molar-refractivity contribution >= 4 is 11.6 Å². The molecule has 2 rings (SSSR count). The van der Waals surface area contributed by atoms with Crippen LogP contribution in [0.3, 0.4) is 0 Å². The average molecular weight is 289 g/mol. The van der Waals surface area contributed by atoms with E-state index < -0.39 is 0 Å². The first-order valence-electron chi connectivity index (χ1n) is 7.87. The zero-order valence-electron chi connectivity index (χ0n) is 13.2. The van der Waals surface area contributed by atoms with E-state index >= 15 is 0 Å². The molecule has 1 aromatic rings. The highest BCUT2D eigenvalue weighted by molar-refractivity contribution is 5.75. The molecule has 0 saturated carbocycles. The van der Waals surface area contributed by atoms with E-state index in [1.54, 1.807) is 0 Å². The molecule has 0 radical (unpaired) electrons. The van der Waals surface area contributed by atoms with Gasteiger partial charge in [0, 0.05) is 39.3 Å². The van der Waals surface area contributed by atoms with Crippen LogP contribution in [0.25, 0.3) is 0 Å². The van der Waals surface area contributed by atoms with Gasteiger partial charge >= 0.3 is 0 Å². The second-order valence-electron chi connectivity index (χ2n) is 5.97. The van der Waals surface area contributed by atoms with Crippen molar-refractivity contribution in [3.8, 4) is 0 Å². The molecular formula is C17H27N3O. The van der Waals surface area contributed by atoms with Gasteiger partial charge in [-0.15, -0.1) is 0 Å². The first kappa shape index (κ1) is 15.8. The van der Waals surface area contributed by atoms with Crippen molar-refractivity contribution in [2.45, 2.75) is 19.3 Å². The van der Waals surface area contributed by atoms with Gasteiger partial charge in [0.1, 0.15) is 0 Å². The average Bonchev–Trinajstić information content (AvgIpc) is 3.04. The molecule has 0 spiro atoms. The number of hydrogen-bond donors (Lipinski definition) is 1. The van der Waals surface area contributed by atoms with Gasteiger partial charge < -0.3 is 15.1 Å². The Kier molecular flexibility index (Phi) is 6.05. The van der Waals surface area contributed by atoms with Crippen LogP contribution in [0.5, 0.6) is 0 Å². The van der Waals surface area contributed by atoms with Crippen LogP contribution in [0.4, 0.5) is 5.69 Å². The summed E-state index contributed by atoms with van der Waals surface area (Å²) < 4.78 is 0. The number of nitrogens with one attached hydrogen (secondary N) is 1. The standard InChI is InChI=1S/C17H27N3O/c1-19(16-6-4-3-5-7-16)12-13-20(2)17(21)9-8-15-10-11-18-14-15/h3-7,15,18H,8-14H2,1-2H3. The smallest absolute Gasteiger partial charge is 0.222 e. The number of anilines is 1. The third-order valence-corrected chi connectivity index (χ3v) is 4.32. The van der Waals surface area contributed by atoms with Crippen LogP contribution in [-0.2, 0) is 4.79 Å². The van der Waals surface area contributed by atoms with Gasteiger partial charge in [-0.05, 0) is 44.0 Å². The topological polar surface area (TPSA) is 35.6 Å². The summed E-state index contributed by atoms with van der Waals surface area (Å²) in [6, 6.07) is 10.3. The molecule has 1 heterocycles. The first-order valence-corrected chi connectivity index (χ1v) is 7.87. The summed E-state index contributed by atoms with van der Waals surface area (Å²) in [5, 5.41) is 3.35. The lowest BCUT2D eigenvalue weighted by molar-refractivity contribution is -0.130. The largest absolute Gasteiger partial charge is 0.373 e. The zero-order valence-corrected chi connectivity index (χ0v) is 13.2. The van der Waals surface area contributed by atoms with Crippen LogP contribution >= 0.6 is 0 Å². The van der Waals surface area contributed by atoms with Crippen LogP contribution in [0.2, 0.25) is 0 Å². The number of rotatable bonds is 7. The van der Waals surface area contributed by atoms with Crippen LogP contribution in [-0.4, -0.2) is 51.1 Å². The van der Waals surface area contributed by atoms with Gasteiger partial charge in [0.15, 0.2) is 0 Å². The minimum Gasteiger partial charge on any atom is -0.373 e. The molecule has 1 aliphatic heterocycles. The Labute approximate surface area is 128 Å². The van der Waals surface area contributed by atoms with Gasteiger partial charge in [0.25, 0.3) is 0 Å². The van der Waals surface area contributed by atoms with Crippen LogP contribution < -0.4 is 10.2 Å². The summed E-state index contributed by atoms with van der Waals surface area (Å²) in [6.45, 7) is 3.81. The number of amides is 1. The number of para-hydroxylation sites is 1. The third kappa shape index (κ3) is 5.05. The van der Waals surface area contributed by atoms with E-state index in [0.717, 1.165) is 32.6 Å². The Hall–Kier alpha value is -1.55. The molecule has 1 atom stereocenters. The summed E-state index contributed by atoms with van der Waals surface area (Å²) in [7, 11) is 3.98. The molecule has 1 N–H and O–H groups in total. The minimum atomic E-state index is 0.267. The van der Waals surface area contributed by atoms with Crippen molar-refractivity contribution in [3.63, 3.8) is 0 Å². The maximum Gasteiger partial charge on any atom is 0.222 e. The van der Waals surface area contributed by atoms with Gasteiger partial charge in [-0.1, -0.05) is 18.2 Å². The highest BCUT2D eigenvalue weighted by Crippen LogP contribution is 2.15. The maximum atomic E-state index is 12.1. The molecule has 116 valence electrons. The Morgan fingerprint density at radius 2 is 2.00 bits per heavy atom.